The predicted octanol–water partition coefficient (Wildman–Crippen LogP) is 1.70. The van der Waals surface area contributed by atoms with Crippen LogP contribution in [0.2, 0.25) is 5.02 Å². The van der Waals surface area contributed by atoms with Crippen LogP contribution in [0.1, 0.15) is 18.4 Å². The molecule has 112 valence electrons. The molecule has 0 unspecified atom stereocenters. The second kappa shape index (κ2) is 6.02. The number of hydrogen-bond donors (Lipinski definition) is 1. The minimum Gasteiger partial charge on any atom is -0.481 e. The van der Waals surface area contributed by atoms with Gasteiger partial charge in [0.2, 0.25) is 10.0 Å². The summed E-state index contributed by atoms with van der Waals surface area (Å²) in [5, 5.41) is 18.1. The minimum atomic E-state index is -3.84. The summed E-state index contributed by atoms with van der Waals surface area (Å²) in [6, 6.07) is 6.07. The van der Waals surface area contributed by atoms with E-state index in [4.69, 9.17) is 22.0 Å². The molecule has 1 fully saturated rings. The number of halogens is 1. The molecule has 21 heavy (non-hydrogen) atoms. The molecule has 0 aliphatic carbocycles. The van der Waals surface area contributed by atoms with E-state index in [1.54, 1.807) is 6.07 Å². The van der Waals surface area contributed by atoms with Crippen LogP contribution in [0, 0.1) is 17.2 Å². The fourth-order valence-electron chi connectivity index (χ4n) is 2.31. The van der Waals surface area contributed by atoms with Crippen LogP contribution in [0.3, 0.4) is 0 Å². The summed E-state index contributed by atoms with van der Waals surface area (Å²) in [5.41, 5.74) is -0.0838. The van der Waals surface area contributed by atoms with E-state index in [0.717, 1.165) is 0 Å². The van der Waals surface area contributed by atoms with Gasteiger partial charge in [-0.15, -0.1) is 0 Å². The molecule has 1 heterocycles. The van der Waals surface area contributed by atoms with Gasteiger partial charge in [0.25, 0.3) is 0 Å². The van der Waals surface area contributed by atoms with Crippen LogP contribution < -0.4 is 0 Å². The highest BCUT2D eigenvalue weighted by atomic mass is 35.5. The number of nitriles is 1. The van der Waals surface area contributed by atoms with E-state index < -0.39 is 21.9 Å². The molecule has 2 rings (SSSR count). The average molecular weight is 329 g/mol. The molecule has 6 nitrogen and oxygen atoms in total. The molecule has 1 N–H and O–H groups in total. The van der Waals surface area contributed by atoms with Gasteiger partial charge in [-0.1, -0.05) is 17.7 Å². The van der Waals surface area contributed by atoms with Crippen molar-refractivity contribution in [1.82, 2.24) is 4.31 Å². The van der Waals surface area contributed by atoms with Gasteiger partial charge in [-0.2, -0.15) is 9.57 Å². The van der Waals surface area contributed by atoms with Gasteiger partial charge in [-0.25, -0.2) is 8.42 Å². The van der Waals surface area contributed by atoms with E-state index in [1.165, 1.54) is 22.5 Å². The summed E-state index contributed by atoms with van der Waals surface area (Å²) < 4.78 is 26.3. The van der Waals surface area contributed by atoms with Gasteiger partial charge >= 0.3 is 5.97 Å². The van der Waals surface area contributed by atoms with Crippen LogP contribution in [0.15, 0.2) is 23.1 Å². The third-order valence-electron chi connectivity index (χ3n) is 3.51. The molecule has 0 atom stereocenters. The van der Waals surface area contributed by atoms with E-state index in [9.17, 15) is 13.2 Å². The fourth-order valence-corrected chi connectivity index (χ4v) is 4.22. The Morgan fingerprint density at radius 1 is 1.38 bits per heavy atom. The van der Waals surface area contributed by atoms with Gasteiger partial charge in [0, 0.05) is 13.1 Å². The first-order valence-corrected chi connectivity index (χ1v) is 8.11. The van der Waals surface area contributed by atoms with Crippen LogP contribution >= 0.6 is 11.6 Å². The normalized spacial score (nSPS) is 17.3. The van der Waals surface area contributed by atoms with Crippen molar-refractivity contribution >= 4 is 27.6 Å². The van der Waals surface area contributed by atoms with Crippen LogP contribution in [-0.4, -0.2) is 36.9 Å². The number of sulfonamides is 1. The van der Waals surface area contributed by atoms with Crippen molar-refractivity contribution in [2.24, 2.45) is 5.92 Å². The van der Waals surface area contributed by atoms with Crippen LogP contribution in [-0.2, 0) is 14.8 Å². The second-order valence-corrected chi connectivity index (χ2v) is 7.05. The van der Waals surface area contributed by atoms with E-state index in [2.05, 4.69) is 0 Å². The zero-order chi connectivity index (χ0) is 15.6. The number of rotatable bonds is 3. The number of piperidine rings is 1. The molecule has 1 aromatic rings. The lowest BCUT2D eigenvalue weighted by Crippen LogP contribution is -2.40. The molecule has 0 saturated carbocycles. The number of carboxylic acids is 1. The van der Waals surface area contributed by atoms with Gasteiger partial charge in [-0.05, 0) is 25.0 Å². The van der Waals surface area contributed by atoms with Gasteiger partial charge < -0.3 is 5.11 Å². The van der Waals surface area contributed by atoms with Crippen molar-refractivity contribution in [3.63, 3.8) is 0 Å². The molecular formula is C13H13ClN2O4S. The van der Waals surface area contributed by atoms with Crippen molar-refractivity contribution in [2.45, 2.75) is 17.7 Å². The Bertz CT molecular complexity index is 703. The van der Waals surface area contributed by atoms with Crippen LogP contribution in [0.5, 0.6) is 0 Å². The molecule has 1 aromatic carbocycles. The zero-order valence-electron chi connectivity index (χ0n) is 11.0. The number of benzene rings is 1. The summed E-state index contributed by atoms with van der Waals surface area (Å²) in [6.45, 7) is 0.243. The number of nitrogens with zero attached hydrogens (tertiary/aromatic N) is 2. The molecule has 0 radical (unpaired) electrons. The van der Waals surface area contributed by atoms with E-state index in [-0.39, 0.29) is 41.4 Å². The van der Waals surface area contributed by atoms with Crippen molar-refractivity contribution in [1.29, 1.82) is 5.26 Å². The zero-order valence-corrected chi connectivity index (χ0v) is 12.6. The standard InChI is InChI=1S/C13H13ClN2O4S/c14-11-2-1-3-12(10(11)8-15)21(19,20)16-6-4-9(5-7-16)13(17)18/h1-3,9H,4-7H2,(H,17,18). The third-order valence-corrected chi connectivity index (χ3v) is 5.76. The number of hydrogen-bond acceptors (Lipinski definition) is 4. The van der Waals surface area contributed by atoms with Gasteiger partial charge in [0.05, 0.1) is 16.5 Å². The monoisotopic (exact) mass is 328 g/mol. The summed E-state index contributed by atoms with van der Waals surface area (Å²) >= 11 is 5.86. The maximum Gasteiger partial charge on any atom is 0.306 e. The Kier molecular flexibility index (Phi) is 4.52. The lowest BCUT2D eigenvalue weighted by atomic mass is 9.99. The Labute approximate surface area is 127 Å². The summed E-state index contributed by atoms with van der Waals surface area (Å²) in [4.78, 5) is 10.8. The first kappa shape index (κ1) is 15.8. The summed E-state index contributed by atoms with van der Waals surface area (Å²) in [6.07, 6.45) is 0.522. The highest BCUT2D eigenvalue weighted by molar-refractivity contribution is 7.89. The first-order valence-electron chi connectivity index (χ1n) is 6.29. The van der Waals surface area contributed by atoms with Crippen LogP contribution in [0.25, 0.3) is 0 Å². The largest absolute Gasteiger partial charge is 0.481 e. The first-order chi connectivity index (χ1) is 9.87. The van der Waals surface area contributed by atoms with Gasteiger partial charge in [0.15, 0.2) is 0 Å². The molecule has 1 aliphatic heterocycles. The van der Waals surface area contributed by atoms with Crippen LogP contribution in [0.4, 0.5) is 0 Å². The summed E-state index contributed by atoms with van der Waals surface area (Å²) in [7, 11) is -3.84. The van der Waals surface area contributed by atoms with E-state index >= 15 is 0 Å². The lowest BCUT2D eigenvalue weighted by Gasteiger charge is -2.29. The molecule has 0 aromatic heterocycles. The Morgan fingerprint density at radius 2 is 2.00 bits per heavy atom. The highest BCUT2D eigenvalue weighted by Gasteiger charge is 2.33. The molecule has 8 heteroatoms. The molecule has 0 spiro atoms. The smallest absolute Gasteiger partial charge is 0.306 e. The lowest BCUT2D eigenvalue weighted by molar-refractivity contribution is -0.142. The number of carbonyl (C=O) groups is 1. The van der Waals surface area contributed by atoms with Crippen molar-refractivity contribution in [3.05, 3.63) is 28.8 Å². The molecular weight excluding hydrogens is 316 g/mol. The minimum absolute atomic E-state index is 0.0824. The van der Waals surface area contributed by atoms with Crippen molar-refractivity contribution in [3.8, 4) is 6.07 Å². The third kappa shape index (κ3) is 3.02. The predicted molar refractivity (Wildman–Crippen MR) is 75.3 cm³/mol. The Hall–Kier alpha value is -1.62. The second-order valence-electron chi connectivity index (χ2n) is 4.74. The van der Waals surface area contributed by atoms with E-state index in [1.807, 2.05) is 0 Å². The Balaban J connectivity index is 2.31. The Morgan fingerprint density at radius 3 is 2.52 bits per heavy atom. The van der Waals surface area contributed by atoms with Gasteiger partial charge in [-0.3, -0.25) is 4.79 Å². The van der Waals surface area contributed by atoms with E-state index in [0.29, 0.717) is 0 Å². The number of aliphatic carboxylic acids is 1. The van der Waals surface area contributed by atoms with Crippen molar-refractivity contribution in [2.75, 3.05) is 13.1 Å². The molecule has 1 saturated heterocycles. The fraction of sp³-hybridized carbons (Fsp3) is 0.385. The average Bonchev–Trinajstić information content (AvgIpc) is 2.47. The maximum atomic E-state index is 12.6. The molecule has 0 bridgehead atoms. The quantitative estimate of drug-likeness (QED) is 0.910. The van der Waals surface area contributed by atoms with Crippen molar-refractivity contribution < 1.29 is 18.3 Å². The molecule has 0 amide bonds. The number of carboxylic acid groups (broad SMARTS) is 1. The molecule has 1 aliphatic rings. The summed E-state index contributed by atoms with van der Waals surface area (Å²) in [5.74, 6) is -1.43. The SMILES string of the molecule is N#Cc1c(Cl)cccc1S(=O)(=O)N1CCC(C(=O)O)CC1. The van der Waals surface area contributed by atoms with Gasteiger partial charge in [0.1, 0.15) is 11.0 Å². The topological polar surface area (TPSA) is 98.5 Å². The highest BCUT2D eigenvalue weighted by Crippen LogP contribution is 2.28. The maximum absolute atomic E-state index is 12.6.